The van der Waals surface area contributed by atoms with E-state index in [0.29, 0.717) is 11.6 Å². The van der Waals surface area contributed by atoms with Gasteiger partial charge in [0.1, 0.15) is 12.1 Å². The van der Waals surface area contributed by atoms with Gasteiger partial charge >= 0.3 is 5.97 Å². The number of hydrogen-bond acceptors (Lipinski definition) is 4. The van der Waals surface area contributed by atoms with Gasteiger partial charge in [0.05, 0.1) is 11.1 Å². The fraction of sp³-hybridized carbons (Fsp3) is 0.400. The molecule has 1 atom stereocenters. The maximum absolute atomic E-state index is 11.0. The first-order chi connectivity index (χ1) is 9.70. The molecule has 0 radical (unpaired) electrons. The molecule has 1 N–H and O–H groups in total. The Morgan fingerprint density at radius 2 is 2.30 bits per heavy atom. The third-order valence-corrected chi connectivity index (χ3v) is 3.98. The normalized spacial score (nSPS) is 18.6. The second kappa shape index (κ2) is 5.07. The second-order valence-corrected chi connectivity index (χ2v) is 5.13. The van der Waals surface area contributed by atoms with Crippen LogP contribution in [0.2, 0.25) is 0 Å². The van der Waals surface area contributed by atoms with E-state index in [1.807, 2.05) is 6.07 Å². The summed E-state index contributed by atoms with van der Waals surface area (Å²) in [5.74, 6) is -0.00374. The van der Waals surface area contributed by atoms with Gasteiger partial charge in [-0.05, 0) is 37.5 Å². The summed E-state index contributed by atoms with van der Waals surface area (Å²) in [6.45, 7) is 3.19. The van der Waals surface area contributed by atoms with Crippen LogP contribution in [-0.2, 0) is 0 Å². The lowest BCUT2D eigenvalue weighted by atomic mass is 10.1. The van der Waals surface area contributed by atoms with E-state index in [2.05, 4.69) is 21.8 Å². The summed E-state index contributed by atoms with van der Waals surface area (Å²) in [6, 6.07) is 5.57. The minimum absolute atomic E-state index is 0.260. The van der Waals surface area contributed by atoms with Crippen LogP contribution in [0.1, 0.15) is 36.5 Å². The van der Waals surface area contributed by atoms with Gasteiger partial charge in [-0.1, -0.05) is 6.92 Å². The number of rotatable bonds is 3. The van der Waals surface area contributed by atoms with Gasteiger partial charge < -0.3 is 10.0 Å². The van der Waals surface area contributed by atoms with Crippen molar-refractivity contribution in [1.29, 1.82) is 0 Å². The number of hydrogen-bond donors (Lipinski definition) is 1. The SMILES string of the molecule is CCC1CCCN1c1ncnc2cc(C(=O)O)ccc12. The van der Waals surface area contributed by atoms with Crippen LogP contribution in [0.3, 0.4) is 0 Å². The number of nitrogens with zero attached hydrogens (tertiary/aromatic N) is 3. The molecule has 1 aliphatic rings. The number of carbonyl (C=O) groups is 1. The van der Waals surface area contributed by atoms with Crippen LogP contribution in [0.4, 0.5) is 5.82 Å². The maximum atomic E-state index is 11.0. The van der Waals surface area contributed by atoms with E-state index in [1.165, 1.54) is 19.2 Å². The fourth-order valence-electron chi connectivity index (χ4n) is 2.94. The molecular weight excluding hydrogens is 254 g/mol. The predicted octanol–water partition coefficient (Wildman–Crippen LogP) is 2.71. The first kappa shape index (κ1) is 12.8. The maximum Gasteiger partial charge on any atom is 0.335 e. The van der Waals surface area contributed by atoms with E-state index in [4.69, 9.17) is 5.11 Å². The Labute approximate surface area is 117 Å². The number of carboxylic acids is 1. The molecule has 1 fully saturated rings. The zero-order valence-corrected chi connectivity index (χ0v) is 11.4. The van der Waals surface area contributed by atoms with Gasteiger partial charge in [-0.3, -0.25) is 0 Å². The quantitative estimate of drug-likeness (QED) is 0.929. The Morgan fingerprint density at radius 1 is 1.45 bits per heavy atom. The minimum Gasteiger partial charge on any atom is -0.478 e. The lowest BCUT2D eigenvalue weighted by molar-refractivity contribution is 0.0697. The third-order valence-electron chi connectivity index (χ3n) is 3.98. The molecule has 0 aliphatic carbocycles. The van der Waals surface area contributed by atoms with Crippen molar-refractivity contribution in [3.8, 4) is 0 Å². The Hall–Kier alpha value is -2.17. The molecule has 1 aromatic heterocycles. The molecule has 20 heavy (non-hydrogen) atoms. The average molecular weight is 271 g/mol. The summed E-state index contributed by atoms with van der Waals surface area (Å²) in [5.41, 5.74) is 0.951. The summed E-state index contributed by atoms with van der Waals surface area (Å²) in [4.78, 5) is 22.0. The number of anilines is 1. The Bertz CT molecular complexity index is 657. The van der Waals surface area contributed by atoms with Gasteiger partial charge in [-0.15, -0.1) is 0 Å². The standard InChI is InChI=1S/C15H17N3O2/c1-2-11-4-3-7-18(11)14-12-6-5-10(15(19)20)8-13(12)16-9-17-14/h5-6,8-9,11H,2-4,7H2,1H3,(H,19,20). The highest BCUT2D eigenvalue weighted by atomic mass is 16.4. The zero-order chi connectivity index (χ0) is 14.1. The van der Waals surface area contributed by atoms with Crippen LogP contribution in [0.25, 0.3) is 10.9 Å². The van der Waals surface area contributed by atoms with Crippen LogP contribution in [-0.4, -0.2) is 33.6 Å². The van der Waals surface area contributed by atoms with E-state index in [1.54, 1.807) is 12.1 Å². The van der Waals surface area contributed by atoms with Crippen molar-refractivity contribution in [3.05, 3.63) is 30.1 Å². The number of fused-ring (bicyclic) bond motifs is 1. The predicted molar refractivity (Wildman–Crippen MR) is 77.2 cm³/mol. The molecule has 2 aromatic rings. The molecule has 5 nitrogen and oxygen atoms in total. The van der Waals surface area contributed by atoms with E-state index < -0.39 is 5.97 Å². The lowest BCUT2D eigenvalue weighted by Gasteiger charge is -2.25. The van der Waals surface area contributed by atoms with Gasteiger partial charge in [0.25, 0.3) is 0 Å². The van der Waals surface area contributed by atoms with Gasteiger partial charge in [0, 0.05) is 18.0 Å². The summed E-state index contributed by atoms with van der Waals surface area (Å²) in [6.07, 6.45) is 4.99. The van der Waals surface area contributed by atoms with Gasteiger partial charge in [0.2, 0.25) is 0 Å². The summed E-state index contributed by atoms with van der Waals surface area (Å²) < 4.78 is 0. The monoisotopic (exact) mass is 271 g/mol. The Kier molecular flexibility index (Phi) is 3.26. The van der Waals surface area contributed by atoms with E-state index in [0.717, 1.165) is 24.2 Å². The largest absolute Gasteiger partial charge is 0.478 e. The molecule has 1 unspecified atom stereocenters. The van der Waals surface area contributed by atoms with Crippen molar-refractivity contribution >= 4 is 22.7 Å². The molecule has 1 saturated heterocycles. The van der Waals surface area contributed by atoms with Crippen molar-refractivity contribution < 1.29 is 9.90 Å². The Morgan fingerprint density at radius 3 is 3.05 bits per heavy atom. The molecule has 0 saturated carbocycles. The molecule has 5 heteroatoms. The minimum atomic E-state index is -0.931. The first-order valence-corrected chi connectivity index (χ1v) is 6.95. The summed E-state index contributed by atoms with van der Waals surface area (Å²) in [5, 5.41) is 9.98. The third kappa shape index (κ3) is 2.09. The van der Waals surface area contributed by atoms with Crippen LogP contribution in [0.15, 0.2) is 24.5 Å². The molecule has 0 amide bonds. The molecular formula is C15H17N3O2. The van der Waals surface area contributed by atoms with E-state index in [-0.39, 0.29) is 5.56 Å². The van der Waals surface area contributed by atoms with Gasteiger partial charge in [0.15, 0.2) is 0 Å². The highest BCUT2D eigenvalue weighted by Crippen LogP contribution is 2.30. The Balaban J connectivity index is 2.10. The number of aromatic carboxylic acids is 1. The molecule has 1 aliphatic heterocycles. The molecule has 0 bridgehead atoms. The fourth-order valence-corrected chi connectivity index (χ4v) is 2.94. The highest BCUT2D eigenvalue weighted by molar-refractivity contribution is 5.96. The van der Waals surface area contributed by atoms with Crippen molar-refractivity contribution in [3.63, 3.8) is 0 Å². The number of aromatic nitrogens is 2. The smallest absolute Gasteiger partial charge is 0.335 e. The van der Waals surface area contributed by atoms with Crippen LogP contribution in [0.5, 0.6) is 0 Å². The molecule has 3 rings (SSSR count). The van der Waals surface area contributed by atoms with Gasteiger partial charge in [-0.25, -0.2) is 14.8 Å². The van der Waals surface area contributed by atoms with Gasteiger partial charge in [-0.2, -0.15) is 0 Å². The summed E-state index contributed by atoms with van der Waals surface area (Å²) >= 11 is 0. The highest BCUT2D eigenvalue weighted by Gasteiger charge is 2.25. The first-order valence-electron chi connectivity index (χ1n) is 6.95. The molecule has 104 valence electrons. The molecule has 0 spiro atoms. The van der Waals surface area contributed by atoms with Crippen LogP contribution in [0, 0.1) is 0 Å². The number of benzene rings is 1. The topological polar surface area (TPSA) is 66.3 Å². The second-order valence-electron chi connectivity index (χ2n) is 5.13. The number of carboxylic acid groups (broad SMARTS) is 1. The van der Waals surface area contributed by atoms with Crippen LogP contribution < -0.4 is 4.90 Å². The molecule has 2 heterocycles. The van der Waals surface area contributed by atoms with Crippen molar-refractivity contribution in [2.45, 2.75) is 32.2 Å². The summed E-state index contributed by atoms with van der Waals surface area (Å²) in [7, 11) is 0. The van der Waals surface area contributed by atoms with E-state index in [9.17, 15) is 4.79 Å². The van der Waals surface area contributed by atoms with Crippen molar-refractivity contribution in [2.24, 2.45) is 0 Å². The zero-order valence-electron chi connectivity index (χ0n) is 11.4. The van der Waals surface area contributed by atoms with Crippen molar-refractivity contribution in [1.82, 2.24) is 9.97 Å². The lowest BCUT2D eigenvalue weighted by Crippen LogP contribution is -2.29. The average Bonchev–Trinajstić information content (AvgIpc) is 2.94. The van der Waals surface area contributed by atoms with Crippen LogP contribution >= 0.6 is 0 Å². The molecule has 1 aromatic carbocycles. The van der Waals surface area contributed by atoms with E-state index >= 15 is 0 Å². The van der Waals surface area contributed by atoms with Crippen molar-refractivity contribution in [2.75, 3.05) is 11.4 Å².